The molecule has 0 radical (unpaired) electrons. The van der Waals surface area contributed by atoms with Gasteiger partial charge in [-0.05, 0) is 59.2 Å². The molecule has 27 heavy (non-hydrogen) atoms. The van der Waals surface area contributed by atoms with Crippen LogP contribution in [0.3, 0.4) is 0 Å². The highest BCUT2D eigenvalue weighted by Crippen LogP contribution is 2.35. The van der Waals surface area contributed by atoms with E-state index in [9.17, 15) is 9.59 Å². The van der Waals surface area contributed by atoms with Gasteiger partial charge in [-0.2, -0.15) is 0 Å². The molecule has 1 heterocycles. The number of amides is 1. The first-order valence-corrected chi connectivity index (χ1v) is 12.8. The first-order chi connectivity index (χ1) is 12.4. The summed E-state index contributed by atoms with van der Waals surface area (Å²) >= 11 is 0. The van der Waals surface area contributed by atoms with E-state index < -0.39 is 25.7 Å². The van der Waals surface area contributed by atoms with Gasteiger partial charge in [-0.3, -0.25) is 4.90 Å². The Kier molecular flexibility index (Phi) is 8.50. The molecule has 0 unspecified atom stereocenters. The molecular formula is C20H39NO5Si. The van der Waals surface area contributed by atoms with Gasteiger partial charge in [0.1, 0.15) is 17.6 Å². The maximum absolute atomic E-state index is 12.9. The molecule has 1 fully saturated rings. The molecule has 1 saturated heterocycles. The van der Waals surface area contributed by atoms with E-state index >= 15 is 0 Å². The maximum atomic E-state index is 12.9. The van der Waals surface area contributed by atoms with Crippen LogP contribution in [0.25, 0.3) is 0 Å². The molecule has 0 bridgehead atoms. The van der Waals surface area contributed by atoms with Gasteiger partial charge in [-0.15, -0.1) is 0 Å². The fourth-order valence-corrected chi connectivity index (χ4v) is 6.57. The second-order valence-electron chi connectivity index (χ2n) is 8.82. The predicted molar refractivity (Wildman–Crippen MR) is 109 cm³/mol. The molecule has 2 atom stereocenters. The van der Waals surface area contributed by atoms with E-state index in [1.54, 1.807) is 4.90 Å². The number of aldehydes is 1. The zero-order valence-corrected chi connectivity index (χ0v) is 19.5. The van der Waals surface area contributed by atoms with Crippen LogP contribution in [-0.4, -0.2) is 55.7 Å². The quantitative estimate of drug-likeness (QED) is 0.413. The highest BCUT2D eigenvalue weighted by molar-refractivity contribution is 6.73. The van der Waals surface area contributed by atoms with Gasteiger partial charge >= 0.3 is 6.09 Å². The van der Waals surface area contributed by atoms with Gasteiger partial charge in [0.15, 0.2) is 8.32 Å². The van der Waals surface area contributed by atoms with Crippen LogP contribution >= 0.6 is 0 Å². The highest BCUT2D eigenvalue weighted by atomic mass is 28.4. The van der Waals surface area contributed by atoms with Gasteiger partial charge in [-0.1, -0.05) is 20.8 Å². The van der Waals surface area contributed by atoms with Gasteiger partial charge in [-0.25, -0.2) is 4.79 Å². The second-order valence-corrected chi connectivity index (χ2v) is 13.5. The number of hydrogen-bond acceptors (Lipinski definition) is 5. The normalized spacial score (nSPS) is 21.2. The summed E-state index contributed by atoms with van der Waals surface area (Å²) in [6.07, 6.45) is 1.29. The van der Waals surface area contributed by atoms with Crippen molar-refractivity contribution in [2.45, 2.75) is 110 Å². The average Bonchev–Trinajstić information content (AvgIpc) is 2.89. The molecule has 0 aromatic carbocycles. The molecule has 1 aliphatic heterocycles. The Morgan fingerprint density at radius 3 is 2.26 bits per heavy atom. The summed E-state index contributed by atoms with van der Waals surface area (Å²) in [6.45, 7) is 16.2. The van der Waals surface area contributed by atoms with Crippen molar-refractivity contribution >= 4 is 20.7 Å². The Labute approximate surface area is 166 Å². The third-order valence-electron chi connectivity index (χ3n) is 5.44. The van der Waals surface area contributed by atoms with Gasteiger partial charge < -0.3 is 18.7 Å². The molecule has 7 heteroatoms. The number of carbonyl (C=O) groups is 2. The molecule has 1 rings (SSSR count). The van der Waals surface area contributed by atoms with E-state index in [1.165, 1.54) is 0 Å². The van der Waals surface area contributed by atoms with E-state index in [-0.39, 0.29) is 12.1 Å². The minimum absolute atomic E-state index is 0.226. The summed E-state index contributed by atoms with van der Waals surface area (Å²) in [5, 5.41) is 0. The van der Waals surface area contributed by atoms with Crippen molar-refractivity contribution in [1.29, 1.82) is 0 Å². The van der Waals surface area contributed by atoms with E-state index in [1.807, 2.05) is 34.6 Å². The molecule has 0 saturated carbocycles. The molecule has 6 nitrogen and oxygen atoms in total. The Hall–Kier alpha value is -0.923. The Balaban J connectivity index is 3.17. The smallest absolute Gasteiger partial charge is 0.412 e. The summed E-state index contributed by atoms with van der Waals surface area (Å²) in [4.78, 5) is 25.7. The van der Waals surface area contributed by atoms with Crippen LogP contribution < -0.4 is 0 Å². The largest absolute Gasteiger partial charge is 0.444 e. The highest BCUT2D eigenvalue weighted by Gasteiger charge is 2.50. The maximum Gasteiger partial charge on any atom is 0.412 e. The first-order valence-electron chi connectivity index (χ1n) is 10.2. The SMILES string of the molecule is CC[Si](CC)(CC)O[C@H](CCC=O)[C@H]1COC(C)(C)N1C(=O)OC(C)(C)C. The fourth-order valence-electron chi connectivity index (χ4n) is 3.66. The number of nitrogens with zero attached hydrogens (tertiary/aromatic N) is 1. The number of hydrogen-bond donors (Lipinski definition) is 0. The van der Waals surface area contributed by atoms with Gasteiger partial charge in [0.05, 0.1) is 18.8 Å². The lowest BCUT2D eigenvalue weighted by Crippen LogP contribution is -2.56. The van der Waals surface area contributed by atoms with E-state index in [4.69, 9.17) is 13.9 Å². The lowest BCUT2D eigenvalue weighted by molar-refractivity contribution is -0.108. The molecule has 0 aromatic rings. The Bertz CT molecular complexity index is 491. The minimum Gasteiger partial charge on any atom is -0.444 e. The molecule has 158 valence electrons. The zero-order valence-electron chi connectivity index (χ0n) is 18.5. The summed E-state index contributed by atoms with van der Waals surface area (Å²) in [6, 6.07) is 2.79. The van der Waals surface area contributed by atoms with Crippen molar-refractivity contribution in [1.82, 2.24) is 4.90 Å². The molecule has 0 spiro atoms. The topological polar surface area (TPSA) is 65.1 Å². The average molecular weight is 402 g/mol. The number of carbonyl (C=O) groups excluding carboxylic acids is 2. The van der Waals surface area contributed by atoms with Crippen LogP contribution in [0.4, 0.5) is 4.79 Å². The molecule has 0 aliphatic carbocycles. The van der Waals surface area contributed by atoms with Crippen molar-refractivity contribution in [2.75, 3.05) is 6.61 Å². The Morgan fingerprint density at radius 1 is 1.26 bits per heavy atom. The second kappa shape index (κ2) is 9.52. The van der Waals surface area contributed by atoms with Gasteiger partial charge in [0.2, 0.25) is 0 Å². The van der Waals surface area contributed by atoms with E-state index in [2.05, 4.69) is 20.8 Å². The molecule has 0 N–H and O–H groups in total. The summed E-state index contributed by atoms with van der Waals surface area (Å²) in [7, 11) is -1.91. The third-order valence-corrected chi connectivity index (χ3v) is 10.1. The molecule has 1 amide bonds. The number of ether oxygens (including phenoxy) is 2. The minimum atomic E-state index is -1.91. The summed E-state index contributed by atoms with van der Waals surface area (Å²) < 4.78 is 18.3. The molecular weight excluding hydrogens is 362 g/mol. The van der Waals surface area contributed by atoms with Crippen LogP contribution in [-0.2, 0) is 18.7 Å². The Morgan fingerprint density at radius 2 is 1.81 bits per heavy atom. The van der Waals surface area contributed by atoms with E-state index in [0.29, 0.717) is 19.4 Å². The van der Waals surface area contributed by atoms with Crippen LogP contribution in [0, 0.1) is 0 Å². The monoisotopic (exact) mass is 401 g/mol. The molecule has 0 aromatic heterocycles. The summed E-state index contributed by atoms with van der Waals surface area (Å²) in [5.74, 6) is 0. The zero-order chi connectivity index (χ0) is 20.9. The lowest BCUT2D eigenvalue weighted by Gasteiger charge is -2.41. The first kappa shape index (κ1) is 24.1. The van der Waals surface area contributed by atoms with Crippen LogP contribution in [0.5, 0.6) is 0 Å². The number of rotatable bonds is 9. The van der Waals surface area contributed by atoms with Crippen LogP contribution in [0.1, 0.15) is 68.2 Å². The van der Waals surface area contributed by atoms with Crippen molar-refractivity contribution in [3.05, 3.63) is 0 Å². The van der Waals surface area contributed by atoms with Crippen molar-refractivity contribution < 1.29 is 23.5 Å². The van der Waals surface area contributed by atoms with Crippen molar-refractivity contribution in [2.24, 2.45) is 0 Å². The van der Waals surface area contributed by atoms with Crippen molar-refractivity contribution in [3.8, 4) is 0 Å². The van der Waals surface area contributed by atoms with Gasteiger partial charge in [0.25, 0.3) is 0 Å². The summed E-state index contributed by atoms with van der Waals surface area (Å²) in [5.41, 5.74) is -1.36. The van der Waals surface area contributed by atoms with Crippen LogP contribution in [0.15, 0.2) is 0 Å². The molecule has 1 aliphatic rings. The predicted octanol–water partition coefficient (Wildman–Crippen LogP) is 4.73. The van der Waals surface area contributed by atoms with Gasteiger partial charge in [0, 0.05) is 6.42 Å². The van der Waals surface area contributed by atoms with Crippen LogP contribution in [0.2, 0.25) is 18.1 Å². The van der Waals surface area contributed by atoms with E-state index in [0.717, 1.165) is 24.4 Å². The standard InChI is InChI=1S/C20H39NO5Si/c1-9-27(10-2,11-3)26-17(13-12-14-22)16-15-24-20(7,8)21(16)18(23)25-19(4,5)6/h14,16-17H,9-13,15H2,1-8H3/t16-,17-/m1/s1. The van der Waals surface area contributed by atoms with Crippen molar-refractivity contribution in [3.63, 3.8) is 0 Å². The third kappa shape index (κ3) is 6.29. The lowest BCUT2D eigenvalue weighted by atomic mass is 10.1. The fraction of sp³-hybridized carbons (Fsp3) is 0.900.